The normalized spacial score (nSPS) is 14.0. The van der Waals surface area contributed by atoms with Crippen molar-refractivity contribution in [2.45, 2.75) is 90.1 Å². The monoisotopic (exact) mass is 265 g/mol. The molecule has 2 unspecified atom stereocenters. The quantitative estimate of drug-likeness (QED) is 0.317. The van der Waals surface area contributed by atoms with Crippen molar-refractivity contribution < 1.29 is 0 Å². The molecular formula is C18H35N. The van der Waals surface area contributed by atoms with Crippen LogP contribution < -0.4 is 5.32 Å². The van der Waals surface area contributed by atoms with Crippen LogP contribution in [-0.4, -0.2) is 12.1 Å². The predicted molar refractivity (Wildman–Crippen MR) is 88.6 cm³/mol. The van der Waals surface area contributed by atoms with E-state index >= 15 is 0 Å². The molecule has 19 heavy (non-hydrogen) atoms. The van der Waals surface area contributed by atoms with Crippen molar-refractivity contribution in [1.29, 1.82) is 0 Å². The van der Waals surface area contributed by atoms with E-state index in [4.69, 9.17) is 0 Å². The number of rotatable bonds is 14. The summed E-state index contributed by atoms with van der Waals surface area (Å²) in [4.78, 5) is 0. The topological polar surface area (TPSA) is 12.0 Å². The highest BCUT2D eigenvalue weighted by molar-refractivity contribution is 4.93. The van der Waals surface area contributed by atoms with Crippen molar-refractivity contribution >= 4 is 0 Å². The molecule has 1 N–H and O–H groups in total. The molecule has 0 saturated carbocycles. The Hall–Kier alpha value is -0.560. The molecule has 0 fully saturated rings. The summed E-state index contributed by atoms with van der Waals surface area (Å²) in [6.45, 7) is 12.4. The van der Waals surface area contributed by atoms with Gasteiger partial charge in [0.15, 0.2) is 0 Å². The number of unbranched alkanes of at least 4 members (excludes halogenated alkanes) is 6. The summed E-state index contributed by atoms with van der Waals surface area (Å²) >= 11 is 0. The van der Waals surface area contributed by atoms with Crippen LogP contribution in [-0.2, 0) is 0 Å². The predicted octanol–water partition coefficient (Wildman–Crippen LogP) is 5.63. The lowest BCUT2D eigenvalue weighted by Gasteiger charge is -2.21. The second-order valence-electron chi connectivity index (χ2n) is 5.55. The SMILES string of the molecule is C=CC(CCCCCC)NC(C=C)CCCCCC. The highest BCUT2D eigenvalue weighted by atomic mass is 14.9. The van der Waals surface area contributed by atoms with E-state index in [0.29, 0.717) is 12.1 Å². The Morgan fingerprint density at radius 1 is 0.737 bits per heavy atom. The molecule has 2 atom stereocenters. The average molecular weight is 265 g/mol. The second-order valence-corrected chi connectivity index (χ2v) is 5.55. The summed E-state index contributed by atoms with van der Waals surface area (Å²) in [5.74, 6) is 0. The summed E-state index contributed by atoms with van der Waals surface area (Å²) in [5.41, 5.74) is 0. The van der Waals surface area contributed by atoms with Gasteiger partial charge in [-0.2, -0.15) is 0 Å². The van der Waals surface area contributed by atoms with Crippen LogP contribution >= 0.6 is 0 Å². The number of hydrogen-bond acceptors (Lipinski definition) is 1. The van der Waals surface area contributed by atoms with Gasteiger partial charge >= 0.3 is 0 Å². The molecule has 0 rings (SSSR count). The van der Waals surface area contributed by atoms with E-state index in [2.05, 4.69) is 44.5 Å². The summed E-state index contributed by atoms with van der Waals surface area (Å²) in [6, 6.07) is 0.900. The van der Waals surface area contributed by atoms with E-state index in [1.807, 2.05) is 0 Å². The Bertz CT molecular complexity index is 188. The summed E-state index contributed by atoms with van der Waals surface area (Å²) < 4.78 is 0. The molecule has 0 spiro atoms. The minimum absolute atomic E-state index is 0.450. The van der Waals surface area contributed by atoms with Crippen LogP contribution in [0.5, 0.6) is 0 Å². The fourth-order valence-corrected chi connectivity index (χ4v) is 2.40. The van der Waals surface area contributed by atoms with Crippen LogP contribution in [0.25, 0.3) is 0 Å². The molecule has 0 aliphatic carbocycles. The van der Waals surface area contributed by atoms with Crippen molar-refractivity contribution in [3.8, 4) is 0 Å². The van der Waals surface area contributed by atoms with Crippen molar-refractivity contribution in [1.82, 2.24) is 5.32 Å². The van der Waals surface area contributed by atoms with E-state index in [1.54, 1.807) is 0 Å². The summed E-state index contributed by atoms with van der Waals surface area (Å²) in [7, 11) is 0. The van der Waals surface area contributed by atoms with Gasteiger partial charge in [0.05, 0.1) is 0 Å². The first-order chi connectivity index (χ1) is 9.28. The number of hydrogen-bond donors (Lipinski definition) is 1. The lowest BCUT2D eigenvalue weighted by Crippen LogP contribution is -2.35. The van der Waals surface area contributed by atoms with E-state index in [1.165, 1.54) is 64.2 Å². The van der Waals surface area contributed by atoms with Crippen LogP contribution in [0, 0.1) is 0 Å². The first-order valence-corrected chi connectivity index (χ1v) is 8.29. The first-order valence-electron chi connectivity index (χ1n) is 8.29. The molecule has 0 aliphatic heterocycles. The Kier molecular flexibility index (Phi) is 13.5. The highest BCUT2D eigenvalue weighted by Gasteiger charge is 2.09. The largest absolute Gasteiger partial charge is 0.304 e. The van der Waals surface area contributed by atoms with Crippen LogP contribution in [0.1, 0.15) is 78.1 Å². The Balaban J connectivity index is 3.82. The third-order valence-electron chi connectivity index (χ3n) is 3.73. The van der Waals surface area contributed by atoms with Crippen LogP contribution in [0.4, 0.5) is 0 Å². The Morgan fingerprint density at radius 3 is 1.47 bits per heavy atom. The van der Waals surface area contributed by atoms with Crippen molar-refractivity contribution in [3.05, 3.63) is 25.3 Å². The zero-order valence-corrected chi connectivity index (χ0v) is 13.3. The number of nitrogens with one attached hydrogen (secondary N) is 1. The fourth-order valence-electron chi connectivity index (χ4n) is 2.40. The molecule has 0 amide bonds. The van der Waals surface area contributed by atoms with Gasteiger partial charge in [-0.15, -0.1) is 13.2 Å². The zero-order valence-electron chi connectivity index (χ0n) is 13.3. The molecule has 0 saturated heterocycles. The molecule has 1 nitrogen and oxygen atoms in total. The van der Waals surface area contributed by atoms with E-state index in [0.717, 1.165) is 0 Å². The third-order valence-corrected chi connectivity index (χ3v) is 3.73. The van der Waals surface area contributed by atoms with E-state index in [-0.39, 0.29) is 0 Å². The molecule has 1 heteroatoms. The smallest absolute Gasteiger partial charge is 0.0252 e. The van der Waals surface area contributed by atoms with Gasteiger partial charge in [0.25, 0.3) is 0 Å². The molecule has 0 aromatic heterocycles. The molecule has 0 aliphatic rings. The third kappa shape index (κ3) is 11.0. The molecule has 0 radical (unpaired) electrons. The molecular weight excluding hydrogens is 230 g/mol. The van der Waals surface area contributed by atoms with Gasteiger partial charge < -0.3 is 5.32 Å². The van der Waals surface area contributed by atoms with Gasteiger partial charge in [-0.25, -0.2) is 0 Å². The van der Waals surface area contributed by atoms with Gasteiger partial charge in [-0.1, -0.05) is 77.4 Å². The fraction of sp³-hybridized carbons (Fsp3) is 0.778. The lowest BCUT2D eigenvalue weighted by atomic mass is 10.0. The van der Waals surface area contributed by atoms with Crippen LogP contribution in [0.2, 0.25) is 0 Å². The zero-order chi connectivity index (χ0) is 14.3. The maximum atomic E-state index is 3.96. The van der Waals surface area contributed by atoms with Gasteiger partial charge in [-0.05, 0) is 12.8 Å². The minimum Gasteiger partial charge on any atom is -0.304 e. The van der Waals surface area contributed by atoms with Crippen molar-refractivity contribution in [3.63, 3.8) is 0 Å². The summed E-state index contributed by atoms with van der Waals surface area (Å²) in [6.07, 6.45) is 17.2. The van der Waals surface area contributed by atoms with Gasteiger partial charge in [0.2, 0.25) is 0 Å². The second kappa shape index (κ2) is 13.9. The Labute approximate surface area is 121 Å². The molecule has 112 valence electrons. The molecule has 0 heterocycles. The maximum absolute atomic E-state index is 3.96. The molecule has 0 aromatic carbocycles. The van der Waals surface area contributed by atoms with Crippen molar-refractivity contribution in [2.75, 3.05) is 0 Å². The summed E-state index contributed by atoms with van der Waals surface area (Å²) in [5, 5.41) is 3.67. The average Bonchev–Trinajstić information content (AvgIpc) is 2.44. The van der Waals surface area contributed by atoms with Crippen LogP contribution in [0.15, 0.2) is 25.3 Å². The maximum Gasteiger partial charge on any atom is 0.0252 e. The Morgan fingerprint density at radius 2 is 1.16 bits per heavy atom. The molecule has 0 aromatic rings. The molecule has 0 bridgehead atoms. The highest BCUT2D eigenvalue weighted by Crippen LogP contribution is 2.10. The van der Waals surface area contributed by atoms with Gasteiger partial charge in [0, 0.05) is 12.1 Å². The standard InChI is InChI=1S/C18H35N/c1-5-9-11-13-15-17(7-3)19-18(8-4)16-14-12-10-6-2/h7-8,17-19H,3-6,9-16H2,1-2H3. The minimum atomic E-state index is 0.450. The van der Waals surface area contributed by atoms with E-state index < -0.39 is 0 Å². The lowest BCUT2D eigenvalue weighted by molar-refractivity contribution is 0.451. The van der Waals surface area contributed by atoms with Gasteiger partial charge in [0.1, 0.15) is 0 Å². The van der Waals surface area contributed by atoms with Crippen molar-refractivity contribution in [2.24, 2.45) is 0 Å². The van der Waals surface area contributed by atoms with Gasteiger partial charge in [-0.3, -0.25) is 0 Å². The van der Waals surface area contributed by atoms with Crippen LogP contribution in [0.3, 0.4) is 0 Å². The first kappa shape index (κ1) is 18.4. The van der Waals surface area contributed by atoms with E-state index in [9.17, 15) is 0 Å².